The average molecular weight is 703 g/mol. The number of hydrogen-bond acceptors (Lipinski definition) is 9. The Morgan fingerprint density at radius 1 is 0.960 bits per heavy atom. The van der Waals surface area contributed by atoms with Gasteiger partial charge in [0, 0.05) is 17.5 Å². The Kier molecular flexibility index (Phi) is 14.0. The van der Waals surface area contributed by atoms with Crippen LogP contribution < -0.4 is 15.4 Å². The number of nitrogens with one attached hydrogen (secondary N) is 2. The molecule has 0 bridgehead atoms. The molecule has 0 saturated carbocycles. The molecule has 3 atom stereocenters. The Labute approximate surface area is 284 Å². The van der Waals surface area contributed by atoms with E-state index in [4.69, 9.17) is 19.4 Å². The fourth-order valence-corrected chi connectivity index (χ4v) is 5.09. The minimum absolute atomic E-state index is 0.00630. The predicted octanol–water partition coefficient (Wildman–Crippen LogP) is 2.72. The number of amides is 4. The quantitative estimate of drug-likeness (QED) is 0.0530. The minimum Gasteiger partial charge on any atom is -0.494 e. The minimum atomic E-state index is -1.92. The lowest BCUT2D eigenvalue weighted by atomic mass is 9.88. The smallest absolute Gasteiger partial charge is 0.323 e. The molecule has 0 radical (unpaired) electrons. The topological polar surface area (TPSA) is 216 Å². The molecule has 3 rings (SSSR count). The number of furan rings is 1. The number of nitrogens with zero attached hydrogens (tertiary/aromatic N) is 2. The van der Waals surface area contributed by atoms with Gasteiger partial charge in [0.05, 0.1) is 25.2 Å². The monoisotopic (exact) mass is 702 g/mol. The molecule has 0 aliphatic rings. The number of rotatable bonds is 19. The Hall–Kier alpha value is -5.84. The maximum Gasteiger partial charge on any atom is 0.323 e. The third kappa shape index (κ3) is 10.6. The van der Waals surface area contributed by atoms with Crippen molar-refractivity contribution in [3.05, 3.63) is 77.3 Å². The number of benzene rings is 2. The van der Waals surface area contributed by atoms with Crippen molar-refractivity contribution in [3.8, 4) is 17.1 Å². The van der Waals surface area contributed by atoms with Crippen molar-refractivity contribution in [2.24, 2.45) is 5.92 Å². The molecule has 268 valence electrons. The predicted molar refractivity (Wildman–Crippen MR) is 169 cm³/mol. The van der Waals surface area contributed by atoms with Gasteiger partial charge in [-0.15, -0.1) is 0 Å². The second-order valence-corrected chi connectivity index (χ2v) is 10.8. The number of hydrogen-bond donors (Lipinski definition) is 5. The highest BCUT2D eigenvalue weighted by atomic mass is 19.1. The maximum atomic E-state index is 15.6. The fourth-order valence-electron chi connectivity index (χ4n) is 5.09. The van der Waals surface area contributed by atoms with Crippen LogP contribution in [0, 0.1) is 11.7 Å². The summed E-state index contributed by atoms with van der Waals surface area (Å²) < 4.78 is 40.0. The van der Waals surface area contributed by atoms with Gasteiger partial charge in [-0.2, -0.15) is 0 Å². The van der Waals surface area contributed by atoms with Gasteiger partial charge in [-0.05, 0) is 61.4 Å². The third-order valence-electron chi connectivity index (χ3n) is 7.35. The molecule has 50 heavy (non-hydrogen) atoms. The van der Waals surface area contributed by atoms with E-state index in [0.29, 0.717) is 10.5 Å². The summed E-state index contributed by atoms with van der Waals surface area (Å²) in [4.78, 5) is 73.5. The Morgan fingerprint density at radius 2 is 1.62 bits per heavy atom. The zero-order valence-electron chi connectivity index (χ0n) is 27.0. The van der Waals surface area contributed by atoms with Crippen molar-refractivity contribution in [2.75, 3.05) is 26.4 Å². The summed E-state index contributed by atoms with van der Waals surface area (Å²) in [5.41, 5.74) is 0.481. The molecule has 15 nitrogen and oxygen atoms in total. The van der Waals surface area contributed by atoms with Crippen LogP contribution in [0.2, 0.25) is 0 Å². The lowest BCUT2D eigenvalue weighted by Crippen LogP contribution is -2.51. The Morgan fingerprint density at radius 3 is 2.20 bits per heavy atom. The summed E-state index contributed by atoms with van der Waals surface area (Å²) in [6.45, 7) is 1.12. The van der Waals surface area contributed by atoms with Crippen LogP contribution in [0.4, 0.5) is 8.78 Å². The van der Waals surface area contributed by atoms with Gasteiger partial charge in [0.1, 0.15) is 36.6 Å². The first-order chi connectivity index (χ1) is 23.8. The average Bonchev–Trinajstić information content (AvgIpc) is 3.57. The van der Waals surface area contributed by atoms with E-state index in [9.17, 15) is 38.4 Å². The molecule has 2 aromatic carbocycles. The number of carbonyl (C=O) groups excluding carboxylic acids is 4. The number of aliphatic carboxylic acids is 2. The first-order valence-corrected chi connectivity index (χ1v) is 15.3. The van der Waals surface area contributed by atoms with Gasteiger partial charge in [-0.25, -0.2) is 13.8 Å². The summed E-state index contributed by atoms with van der Waals surface area (Å²) in [7, 11) is 0. The lowest BCUT2D eigenvalue weighted by Gasteiger charge is -2.31. The lowest BCUT2D eigenvalue weighted by molar-refractivity contribution is -0.171. The second kappa shape index (κ2) is 18.1. The number of carboxylic acids is 2. The number of halogens is 2. The summed E-state index contributed by atoms with van der Waals surface area (Å²) in [6.07, 6.45) is -2.22. The highest BCUT2D eigenvalue weighted by Crippen LogP contribution is 2.29. The summed E-state index contributed by atoms with van der Waals surface area (Å²) in [5, 5.41) is 33.3. The highest BCUT2D eigenvalue weighted by Gasteiger charge is 2.38. The van der Waals surface area contributed by atoms with Crippen molar-refractivity contribution < 1.29 is 62.1 Å². The van der Waals surface area contributed by atoms with E-state index in [0.717, 1.165) is 12.1 Å². The number of carbonyl (C=O) groups is 6. The van der Waals surface area contributed by atoms with Crippen molar-refractivity contribution in [2.45, 2.75) is 38.9 Å². The number of alkyl halides is 1. The second-order valence-electron chi connectivity index (χ2n) is 10.8. The molecule has 0 spiro atoms. The number of carboxylic acid groups (broad SMARTS) is 2. The molecule has 1 heterocycles. The molecule has 3 aromatic rings. The number of ether oxygens (including phenoxy) is 1. The van der Waals surface area contributed by atoms with Crippen LogP contribution in [0.1, 0.15) is 46.7 Å². The number of hydroxylamine groups is 2. The SMILES string of the molecule is CCOc1cc(C(=O)N(CC(=O)O)CC(=O)O)cc(-c2ccc(C(=O)NCNC(=O)[C@H](C(F)Cc3ccc(F)cc3)[C@@H](CC)N(O)C=O)o2)c1. The molecule has 0 fully saturated rings. The first-order valence-electron chi connectivity index (χ1n) is 15.3. The molecule has 4 amide bonds. The molecule has 0 aliphatic heterocycles. The molecule has 17 heteroatoms. The summed E-state index contributed by atoms with van der Waals surface area (Å²) >= 11 is 0. The first kappa shape index (κ1) is 38.6. The normalized spacial score (nSPS) is 12.6. The van der Waals surface area contributed by atoms with Crippen LogP contribution in [0.5, 0.6) is 5.75 Å². The largest absolute Gasteiger partial charge is 0.494 e. The standard InChI is InChI=1S/C33H36F2N4O11/c1-3-25(39(48)18-40)30(24(35)11-19-5-7-22(34)8-6-19)32(46)37-17-36-31(45)27-10-9-26(50-27)20-12-21(14-23(13-20)49-4-2)33(47)38(15-28(41)42)16-29(43)44/h5-10,12-14,18,24-25,30,48H,3-4,11,15-17H2,1-2H3,(H,36,45)(H,37,46)(H,41,42)(H,43,44)/t24?,25-,30-/m1/s1. The maximum absolute atomic E-state index is 15.6. The third-order valence-corrected chi connectivity index (χ3v) is 7.35. The summed E-state index contributed by atoms with van der Waals surface area (Å²) in [5.74, 6) is -7.63. The van der Waals surface area contributed by atoms with Crippen LogP contribution >= 0.6 is 0 Å². The molecule has 1 aromatic heterocycles. The van der Waals surface area contributed by atoms with E-state index in [1.165, 1.54) is 49.4 Å². The molecule has 0 aliphatic carbocycles. The van der Waals surface area contributed by atoms with Crippen LogP contribution in [0.3, 0.4) is 0 Å². The molecule has 0 saturated heterocycles. The van der Waals surface area contributed by atoms with E-state index >= 15 is 4.39 Å². The van der Waals surface area contributed by atoms with Crippen molar-refractivity contribution in [1.29, 1.82) is 0 Å². The van der Waals surface area contributed by atoms with E-state index < -0.39 is 73.4 Å². The van der Waals surface area contributed by atoms with Gasteiger partial charge in [0.2, 0.25) is 12.3 Å². The molecular weight excluding hydrogens is 666 g/mol. The Bertz CT molecular complexity index is 1670. The molecular formula is C33H36F2N4O11. The van der Waals surface area contributed by atoms with E-state index in [2.05, 4.69) is 10.6 Å². The van der Waals surface area contributed by atoms with Gasteiger partial charge in [-0.3, -0.25) is 34.0 Å². The van der Waals surface area contributed by atoms with Crippen molar-refractivity contribution >= 4 is 36.1 Å². The van der Waals surface area contributed by atoms with Gasteiger partial charge in [0.15, 0.2) is 5.76 Å². The Balaban J connectivity index is 1.76. The van der Waals surface area contributed by atoms with Crippen LogP contribution in [0.15, 0.2) is 59.0 Å². The molecule has 5 N–H and O–H groups in total. The van der Waals surface area contributed by atoms with Gasteiger partial charge in [-0.1, -0.05) is 19.1 Å². The molecule has 1 unspecified atom stereocenters. The van der Waals surface area contributed by atoms with E-state index in [1.54, 1.807) is 6.92 Å². The van der Waals surface area contributed by atoms with Gasteiger partial charge in [0.25, 0.3) is 11.8 Å². The zero-order chi connectivity index (χ0) is 37.0. The zero-order valence-corrected chi connectivity index (χ0v) is 27.0. The van der Waals surface area contributed by atoms with Crippen LogP contribution in [-0.4, -0.2) is 100 Å². The van der Waals surface area contributed by atoms with Crippen molar-refractivity contribution in [1.82, 2.24) is 20.6 Å². The highest BCUT2D eigenvalue weighted by molar-refractivity contribution is 5.99. The summed E-state index contributed by atoms with van der Waals surface area (Å²) in [6, 6.07) is 10.4. The van der Waals surface area contributed by atoms with Crippen LogP contribution in [0.25, 0.3) is 11.3 Å². The van der Waals surface area contributed by atoms with E-state index in [1.807, 2.05) is 0 Å². The fraction of sp³-hybridized carbons (Fsp3) is 0.333. The van der Waals surface area contributed by atoms with Gasteiger partial charge < -0.3 is 34.9 Å². The van der Waals surface area contributed by atoms with E-state index in [-0.39, 0.29) is 59.3 Å². The van der Waals surface area contributed by atoms with Crippen LogP contribution in [-0.2, 0) is 25.6 Å². The van der Waals surface area contributed by atoms with Crippen molar-refractivity contribution in [3.63, 3.8) is 0 Å². The van der Waals surface area contributed by atoms with Gasteiger partial charge >= 0.3 is 11.9 Å².